The van der Waals surface area contributed by atoms with E-state index in [-0.39, 0.29) is 42.3 Å². The van der Waals surface area contributed by atoms with Crippen molar-refractivity contribution in [2.75, 3.05) is 24.5 Å². The van der Waals surface area contributed by atoms with E-state index in [2.05, 4.69) is 16.5 Å². The van der Waals surface area contributed by atoms with Crippen LogP contribution in [0.4, 0.5) is 14.5 Å². The topological polar surface area (TPSA) is 109 Å². The van der Waals surface area contributed by atoms with E-state index < -0.39 is 46.0 Å². The summed E-state index contributed by atoms with van der Waals surface area (Å²) >= 11 is 0. The number of benzene rings is 1. The summed E-state index contributed by atoms with van der Waals surface area (Å²) in [4.78, 5) is 50.7. The summed E-state index contributed by atoms with van der Waals surface area (Å²) < 4.78 is 31.9. The molecule has 9 nitrogen and oxygen atoms in total. The molecule has 11 heteroatoms. The van der Waals surface area contributed by atoms with E-state index in [9.17, 15) is 23.9 Å². The minimum Gasteiger partial charge on any atom is -0.507 e. The van der Waals surface area contributed by atoms with Gasteiger partial charge in [-0.15, -0.1) is 0 Å². The highest BCUT2D eigenvalue weighted by Gasteiger charge is 2.31. The lowest BCUT2D eigenvalue weighted by Crippen LogP contribution is -2.52. The zero-order valence-corrected chi connectivity index (χ0v) is 22.7. The molecule has 0 unspecified atom stereocenters. The molecule has 0 saturated carbocycles. The SMILES string of the molecule is C=CC(=O)N1CCN(c2cc(=O)n(-c3c(C)ccnc3C(C)C)c3nc(-c4c(O)cccc4F)c(F)cc23)C(=O)C1. The number of amides is 2. The molecular formula is C30H27F2N5O4. The molecule has 4 aromatic rings. The van der Waals surface area contributed by atoms with Crippen LogP contribution in [0.2, 0.25) is 0 Å². The van der Waals surface area contributed by atoms with Gasteiger partial charge < -0.3 is 14.9 Å². The second-order valence-corrected chi connectivity index (χ2v) is 10.1. The Balaban J connectivity index is 1.84. The van der Waals surface area contributed by atoms with Gasteiger partial charge in [-0.1, -0.05) is 26.5 Å². The van der Waals surface area contributed by atoms with Crippen molar-refractivity contribution >= 4 is 28.5 Å². The van der Waals surface area contributed by atoms with Crippen molar-refractivity contribution in [3.8, 4) is 22.7 Å². The number of fused-ring (bicyclic) bond motifs is 1. The average Bonchev–Trinajstić information content (AvgIpc) is 2.93. The number of phenolic OH excluding ortho intramolecular Hbond substituents is 1. The number of nitrogens with zero attached hydrogens (tertiary/aromatic N) is 5. The van der Waals surface area contributed by atoms with Crippen molar-refractivity contribution in [1.29, 1.82) is 0 Å². The Hall–Kier alpha value is -4.93. The molecule has 1 aliphatic heterocycles. The Labute approximate surface area is 234 Å². The summed E-state index contributed by atoms with van der Waals surface area (Å²) in [5.41, 5.74) is 0.200. The number of aryl methyl sites for hydroxylation is 1. The van der Waals surface area contributed by atoms with Gasteiger partial charge >= 0.3 is 0 Å². The molecule has 1 fully saturated rings. The number of piperazine rings is 1. The van der Waals surface area contributed by atoms with Gasteiger partial charge in [0.1, 0.15) is 29.5 Å². The molecule has 41 heavy (non-hydrogen) atoms. The normalized spacial score (nSPS) is 13.8. The lowest BCUT2D eigenvalue weighted by Gasteiger charge is -2.34. The molecule has 1 aromatic carbocycles. The van der Waals surface area contributed by atoms with Crippen LogP contribution in [0.3, 0.4) is 0 Å². The highest BCUT2D eigenvalue weighted by molar-refractivity contribution is 6.05. The van der Waals surface area contributed by atoms with Crippen LogP contribution in [-0.4, -0.2) is 56.0 Å². The standard InChI is InChI=1S/C30H27F2N5O4/c1-5-23(39)35-11-12-36(25(41)15-35)21-14-24(40)37(29-17(4)9-10-33-27(29)16(2)3)30-18(21)13-20(32)28(34-30)26-19(31)7-6-8-22(26)38/h5-10,13-14,16,38H,1,11-12,15H2,2-4H3. The van der Waals surface area contributed by atoms with Gasteiger partial charge in [-0.05, 0) is 48.7 Å². The van der Waals surface area contributed by atoms with Crippen LogP contribution in [0.1, 0.15) is 31.0 Å². The van der Waals surface area contributed by atoms with E-state index in [4.69, 9.17) is 0 Å². The number of carbonyl (C=O) groups excluding carboxylic acids is 2. The van der Waals surface area contributed by atoms with E-state index in [1.54, 1.807) is 19.2 Å². The highest BCUT2D eigenvalue weighted by atomic mass is 19.1. The van der Waals surface area contributed by atoms with Crippen molar-refractivity contribution in [2.24, 2.45) is 0 Å². The monoisotopic (exact) mass is 559 g/mol. The van der Waals surface area contributed by atoms with Crippen LogP contribution in [0, 0.1) is 18.6 Å². The number of rotatable bonds is 5. The maximum Gasteiger partial charge on any atom is 0.258 e. The molecule has 0 atom stereocenters. The van der Waals surface area contributed by atoms with E-state index >= 15 is 4.39 Å². The van der Waals surface area contributed by atoms with Crippen molar-refractivity contribution in [3.63, 3.8) is 0 Å². The molecule has 3 aromatic heterocycles. The van der Waals surface area contributed by atoms with Crippen molar-refractivity contribution < 1.29 is 23.5 Å². The Bertz CT molecular complexity index is 1780. The highest BCUT2D eigenvalue weighted by Crippen LogP contribution is 2.37. The number of aromatic hydroxyl groups is 1. The molecule has 5 rings (SSSR count). The van der Waals surface area contributed by atoms with E-state index in [1.807, 2.05) is 13.8 Å². The number of pyridine rings is 3. The number of halogens is 2. The second-order valence-electron chi connectivity index (χ2n) is 10.1. The van der Waals surface area contributed by atoms with Crippen LogP contribution < -0.4 is 10.5 Å². The van der Waals surface area contributed by atoms with Crippen molar-refractivity contribution in [2.45, 2.75) is 26.7 Å². The zero-order valence-electron chi connectivity index (χ0n) is 22.7. The molecule has 1 saturated heterocycles. The van der Waals surface area contributed by atoms with Gasteiger partial charge in [-0.25, -0.2) is 13.8 Å². The second kappa shape index (κ2) is 10.6. The van der Waals surface area contributed by atoms with Crippen LogP contribution in [0.15, 0.2) is 60.0 Å². The third kappa shape index (κ3) is 4.73. The molecule has 4 heterocycles. The number of hydrogen-bond donors (Lipinski definition) is 1. The smallest absolute Gasteiger partial charge is 0.258 e. The van der Waals surface area contributed by atoms with Crippen molar-refractivity contribution in [3.05, 3.63) is 88.5 Å². The van der Waals surface area contributed by atoms with Gasteiger partial charge in [0.2, 0.25) is 11.8 Å². The maximum atomic E-state index is 15.7. The molecule has 0 radical (unpaired) electrons. The van der Waals surface area contributed by atoms with Crippen molar-refractivity contribution in [1.82, 2.24) is 19.4 Å². The van der Waals surface area contributed by atoms with Gasteiger partial charge in [0.05, 0.1) is 22.6 Å². The summed E-state index contributed by atoms with van der Waals surface area (Å²) in [7, 11) is 0. The Kier molecular flexibility index (Phi) is 7.12. The number of hydrogen-bond acceptors (Lipinski definition) is 6. The fourth-order valence-corrected chi connectivity index (χ4v) is 5.09. The van der Waals surface area contributed by atoms with Crippen LogP contribution in [0.5, 0.6) is 5.75 Å². The lowest BCUT2D eigenvalue weighted by atomic mass is 10.0. The third-order valence-electron chi connectivity index (χ3n) is 7.08. The van der Waals surface area contributed by atoms with E-state index in [1.165, 1.54) is 32.6 Å². The molecule has 2 amide bonds. The molecule has 0 aliphatic carbocycles. The average molecular weight is 560 g/mol. The summed E-state index contributed by atoms with van der Waals surface area (Å²) in [6.45, 7) is 9.01. The number of carbonyl (C=O) groups is 2. The molecule has 1 N–H and O–H groups in total. The Morgan fingerprint density at radius 2 is 1.88 bits per heavy atom. The van der Waals surface area contributed by atoms with Crippen LogP contribution in [-0.2, 0) is 9.59 Å². The first-order valence-corrected chi connectivity index (χ1v) is 12.9. The van der Waals surface area contributed by atoms with Gasteiger partial charge in [-0.2, -0.15) is 0 Å². The van der Waals surface area contributed by atoms with Gasteiger partial charge in [0.25, 0.3) is 5.56 Å². The predicted molar refractivity (Wildman–Crippen MR) is 150 cm³/mol. The van der Waals surface area contributed by atoms with Crippen LogP contribution in [0.25, 0.3) is 28.0 Å². The molecule has 0 spiro atoms. The first-order valence-electron chi connectivity index (χ1n) is 12.9. The molecular weight excluding hydrogens is 532 g/mol. The molecule has 0 bridgehead atoms. The van der Waals surface area contributed by atoms with Gasteiger partial charge in [0, 0.05) is 30.7 Å². The number of anilines is 1. The zero-order chi connectivity index (χ0) is 29.6. The number of phenols is 1. The van der Waals surface area contributed by atoms with E-state index in [0.717, 1.165) is 18.2 Å². The summed E-state index contributed by atoms with van der Waals surface area (Å²) in [6, 6.07) is 7.57. The van der Waals surface area contributed by atoms with Gasteiger partial charge in [0.15, 0.2) is 5.82 Å². The summed E-state index contributed by atoms with van der Waals surface area (Å²) in [6.07, 6.45) is 2.73. The first-order chi connectivity index (χ1) is 19.5. The number of aromatic nitrogens is 3. The first kappa shape index (κ1) is 27.6. The quantitative estimate of drug-likeness (QED) is 0.367. The Morgan fingerprint density at radius 3 is 2.54 bits per heavy atom. The van der Waals surface area contributed by atoms with Crippen LogP contribution >= 0.6 is 0 Å². The maximum absolute atomic E-state index is 15.7. The fraction of sp³-hybridized carbons (Fsp3) is 0.233. The lowest BCUT2D eigenvalue weighted by molar-refractivity contribution is -0.133. The molecule has 1 aliphatic rings. The summed E-state index contributed by atoms with van der Waals surface area (Å²) in [5, 5.41) is 10.5. The predicted octanol–water partition coefficient (Wildman–Crippen LogP) is 4.22. The minimum absolute atomic E-state index is 0.0393. The van der Waals surface area contributed by atoms with E-state index in [0.29, 0.717) is 16.9 Å². The van der Waals surface area contributed by atoms with Gasteiger partial charge in [-0.3, -0.25) is 23.9 Å². The Morgan fingerprint density at radius 1 is 1.12 bits per heavy atom. The fourth-order valence-electron chi connectivity index (χ4n) is 5.09. The molecule has 210 valence electrons. The largest absolute Gasteiger partial charge is 0.507 e. The third-order valence-corrected chi connectivity index (χ3v) is 7.08. The minimum atomic E-state index is -0.968. The summed E-state index contributed by atoms with van der Waals surface area (Å²) in [5.74, 6) is -3.41.